The van der Waals surface area contributed by atoms with Gasteiger partial charge in [-0.15, -0.1) is 0 Å². The molecule has 1 aliphatic rings. The zero-order valence-electron chi connectivity index (χ0n) is 12.2. The summed E-state index contributed by atoms with van der Waals surface area (Å²) in [6.45, 7) is 4.49. The highest BCUT2D eigenvalue weighted by atomic mass is 16.6. The van der Waals surface area contributed by atoms with Crippen molar-refractivity contribution in [2.45, 2.75) is 50.4 Å². The van der Waals surface area contributed by atoms with Crippen molar-refractivity contribution in [2.24, 2.45) is 0 Å². The van der Waals surface area contributed by atoms with E-state index < -0.39 is 0 Å². The van der Waals surface area contributed by atoms with Crippen molar-refractivity contribution >= 4 is 7.85 Å². The Morgan fingerprint density at radius 1 is 1.11 bits per heavy atom. The third kappa shape index (κ3) is 3.68. The van der Waals surface area contributed by atoms with Crippen LogP contribution >= 0.6 is 0 Å². The number of hydrogen-bond donors (Lipinski definition) is 0. The normalized spacial score (nSPS) is 35.6. The van der Waals surface area contributed by atoms with E-state index in [1.54, 1.807) is 21.3 Å². The van der Waals surface area contributed by atoms with E-state index in [9.17, 15) is 0 Å². The molecule has 0 amide bonds. The zero-order chi connectivity index (χ0) is 13.7. The molecule has 0 aromatic carbocycles. The molecule has 1 unspecified atom stereocenters. The average molecular weight is 260 g/mol. The third-order valence-electron chi connectivity index (χ3n) is 3.55. The van der Waals surface area contributed by atoms with Crippen molar-refractivity contribution in [3.63, 3.8) is 0 Å². The lowest BCUT2D eigenvalue weighted by molar-refractivity contribution is -0.113. The van der Waals surface area contributed by atoms with Gasteiger partial charge in [-0.25, -0.2) is 0 Å². The fourth-order valence-electron chi connectivity index (χ4n) is 2.23. The Morgan fingerprint density at radius 2 is 1.78 bits per heavy atom. The van der Waals surface area contributed by atoms with Gasteiger partial charge in [0.1, 0.15) is 26.2 Å². The highest BCUT2D eigenvalue weighted by Gasteiger charge is 2.44. The van der Waals surface area contributed by atoms with Crippen molar-refractivity contribution in [1.82, 2.24) is 0 Å². The van der Waals surface area contributed by atoms with Gasteiger partial charge in [0.2, 0.25) is 0 Å². The number of methoxy groups -OCH3 is 3. The van der Waals surface area contributed by atoms with E-state index in [1.807, 2.05) is 21.7 Å². The molecule has 1 fully saturated rings. The SMILES string of the molecule is B[C@@H]1O[C@H](COC)C(OC)[C@@H]1O[C@@H](C)[C@H](C)OC. The van der Waals surface area contributed by atoms with Gasteiger partial charge in [-0.2, -0.15) is 0 Å². The van der Waals surface area contributed by atoms with Crippen LogP contribution in [-0.2, 0) is 23.7 Å². The topological polar surface area (TPSA) is 46.2 Å². The van der Waals surface area contributed by atoms with Crippen LogP contribution in [0.25, 0.3) is 0 Å². The second-order valence-electron chi connectivity index (χ2n) is 4.78. The number of ether oxygens (including phenoxy) is 5. The van der Waals surface area contributed by atoms with Crippen molar-refractivity contribution in [1.29, 1.82) is 0 Å². The van der Waals surface area contributed by atoms with E-state index in [0.29, 0.717) is 6.61 Å². The van der Waals surface area contributed by atoms with Crippen LogP contribution in [0.2, 0.25) is 0 Å². The van der Waals surface area contributed by atoms with Gasteiger partial charge in [-0.05, 0) is 13.8 Å². The Kier molecular flexibility index (Phi) is 6.59. The summed E-state index contributed by atoms with van der Waals surface area (Å²) in [5.41, 5.74) is 0. The van der Waals surface area contributed by atoms with Crippen LogP contribution in [-0.4, -0.2) is 72.3 Å². The van der Waals surface area contributed by atoms with Gasteiger partial charge in [-0.3, -0.25) is 0 Å². The highest BCUT2D eigenvalue weighted by molar-refractivity contribution is 6.11. The molecule has 0 bridgehead atoms. The maximum absolute atomic E-state index is 6.03. The monoisotopic (exact) mass is 260 g/mol. The first-order valence-corrected chi connectivity index (χ1v) is 6.40. The Bertz CT molecular complexity index is 241. The minimum absolute atomic E-state index is 0.00926. The second kappa shape index (κ2) is 7.45. The van der Waals surface area contributed by atoms with Gasteiger partial charge in [0.25, 0.3) is 0 Å². The van der Waals surface area contributed by atoms with Crippen LogP contribution < -0.4 is 0 Å². The lowest BCUT2D eigenvalue weighted by atomic mass is 9.92. The summed E-state index contributed by atoms with van der Waals surface area (Å²) >= 11 is 0. The van der Waals surface area contributed by atoms with E-state index in [-0.39, 0.29) is 36.5 Å². The molecular formula is C12H25BO5. The lowest BCUT2D eigenvalue weighted by Crippen LogP contribution is -2.42. The molecule has 1 aliphatic heterocycles. The summed E-state index contributed by atoms with van der Waals surface area (Å²) in [6.07, 6.45) is -0.250. The Hall–Kier alpha value is -0.135. The first kappa shape index (κ1) is 15.9. The van der Waals surface area contributed by atoms with Crippen LogP contribution in [0.3, 0.4) is 0 Å². The van der Waals surface area contributed by atoms with Crippen molar-refractivity contribution in [3.8, 4) is 0 Å². The Labute approximate surface area is 110 Å². The molecule has 6 atom stereocenters. The smallest absolute Gasteiger partial charge is 0.142 e. The Balaban J connectivity index is 2.62. The standard InChI is InChI=1S/C12H25BO5/c1-7(15-4)8(2)17-11-10(16-5)9(6-14-3)18-12(11)13/h7-12H,6,13H2,1-5H3/t7-,8-,9+,10?,11-,12+/m0/s1. The minimum atomic E-state index is -0.105. The molecule has 1 saturated heterocycles. The molecule has 1 heterocycles. The molecule has 5 nitrogen and oxygen atoms in total. The predicted molar refractivity (Wildman–Crippen MR) is 70.7 cm³/mol. The van der Waals surface area contributed by atoms with E-state index in [0.717, 1.165) is 0 Å². The van der Waals surface area contributed by atoms with Gasteiger partial charge in [0.15, 0.2) is 0 Å². The van der Waals surface area contributed by atoms with Gasteiger partial charge in [-0.1, -0.05) is 0 Å². The molecule has 0 saturated carbocycles. The first-order chi connectivity index (χ1) is 8.54. The predicted octanol–water partition coefficient (Wildman–Crippen LogP) is -0.186. The average Bonchev–Trinajstić information content (AvgIpc) is 2.64. The van der Waals surface area contributed by atoms with Gasteiger partial charge >= 0.3 is 0 Å². The van der Waals surface area contributed by atoms with Crippen LogP contribution in [0.1, 0.15) is 13.8 Å². The second-order valence-corrected chi connectivity index (χ2v) is 4.78. The van der Waals surface area contributed by atoms with E-state index in [2.05, 4.69) is 0 Å². The van der Waals surface area contributed by atoms with Crippen LogP contribution in [0, 0.1) is 0 Å². The molecule has 106 valence electrons. The number of hydrogen-bond acceptors (Lipinski definition) is 5. The van der Waals surface area contributed by atoms with Gasteiger partial charge < -0.3 is 23.7 Å². The van der Waals surface area contributed by atoms with Crippen molar-refractivity contribution < 1.29 is 23.7 Å². The summed E-state index contributed by atoms with van der Waals surface area (Å²) in [5, 5.41) is 0. The van der Waals surface area contributed by atoms with Crippen LogP contribution in [0.4, 0.5) is 0 Å². The first-order valence-electron chi connectivity index (χ1n) is 6.40. The molecule has 0 aromatic rings. The van der Waals surface area contributed by atoms with Crippen molar-refractivity contribution in [2.75, 3.05) is 27.9 Å². The molecule has 6 heteroatoms. The summed E-state index contributed by atoms with van der Waals surface area (Å²) in [5.74, 6) is 0. The maximum atomic E-state index is 6.03. The molecule has 0 radical (unpaired) electrons. The Morgan fingerprint density at radius 3 is 2.28 bits per heavy atom. The largest absolute Gasteiger partial charge is 0.382 e. The highest BCUT2D eigenvalue weighted by Crippen LogP contribution is 2.26. The quantitative estimate of drug-likeness (QED) is 0.594. The fraction of sp³-hybridized carbons (Fsp3) is 1.00. The lowest BCUT2D eigenvalue weighted by Gasteiger charge is -2.28. The van der Waals surface area contributed by atoms with Crippen LogP contribution in [0.15, 0.2) is 0 Å². The summed E-state index contributed by atoms with van der Waals surface area (Å²) in [7, 11) is 7.01. The molecule has 0 aromatic heterocycles. The third-order valence-corrected chi connectivity index (χ3v) is 3.55. The molecular weight excluding hydrogens is 235 g/mol. The summed E-state index contributed by atoms with van der Waals surface area (Å²) < 4.78 is 27.8. The van der Waals surface area contributed by atoms with Crippen molar-refractivity contribution in [3.05, 3.63) is 0 Å². The van der Waals surface area contributed by atoms with E-state index >= 15 is 0 Å². The van der Waals surface area contributed by atoms with Gasteiger partial charge in [0.05, 0.1) is 24.8 Å². The van der Waals surface area contributed by atoms with E-state index in [1.165, 1.54) is 0 Å². The van der Waals surface area contributed by atoms with Gasteiger partial charge in [0, 0.05) is 21.3 Å². The van der Waals surface area contributed by atoms with E-state index in [4.69, 9.17) is 23.7 Å². The van der Waals surface area contributed by atoms with Crippen LogP contribution in [0.5, 0.6) is 0 Å². The fourth-order valence-corrected chi connectivity index (χ4v) is 2.23. The molecule has 18 heavy (non-hydrogen) atoms. The molecule has 0 N–H and O–H groups in total. The molecule has 0 spiro atoms. The zero-order valence-corrected chi connectivity index (χ0v) is 12.2. The minimum Gasteiger partial charge on any atom is -0.382 e. The number of rotatable bonds is 7. The maximum Gasteiger partial charge on any atom is 0.142 e. The molecule has 1 rings (SSSR count). The summed E-state index contributed by atoms with van der Waals surface area (Å²) in [4.78, 5) is 0. The summed E-state index contributed by atoms with van der Waals surface area (Å²) in [6, 6.07) is -0.0124. The molecule has 0 aliphatic carbocycles.